The number of ether oxygens (including phenoxy) is 2. The molecule has 0 amide bonds. The fourth-order valence-corrected chi connectivity index (χ4v) is 2.54. The van der Waals surface area contributed by atoms with Crippen LogP contribution in [0, 0.1) is 0 Å². The largest absolute Gasteiger partial charge is 0.481 e. The predicted molar refractivity (Wildman–Crippen MR) is 98.5 cm³/mol. The number of rotatable bonds is 20. The Balaban J connectivity index is 5.08. The highest BCUT2D eigenvalue weighted by Gasteiger charge is 2.29. The summed E-state index contributed by atoms with van der Waals surface area (Å²) in [4.78, 5) is 59.9. The Kier molecular flexibility index (Phi) is 14.7. The molecule has 0 rings (SSSR count). The Bertz CT molecular complexity index is 597. The number of carboxylic acids is 4. The third-order valence-corrected chi connectivity index (χ3v) is 4.03. The molecule has 0 aromatic rings. The van der Waals surface area contributed by atoms with E-state index in [1.165, 1.54) is 4.90 Å². The summed E-state index contributed by atoms with van der Waals surface area (Å²) in [5.41, 5.74) is 0. The van der Waals surface area contributed by atoms with Gasteiger partial charge in [-0.05, 0) is 6.42 Å². The maximum absolute atomic E-state index is 11.5. The third kappa shape index (κ3) is 13.3. The molecule has 0 fully saturated rings. The van der Waals surface area contributed by atoms with E-state index in [-0.39, 0.29) is 45.8 Å². The summed E-state index contributed by atoms with van der Waals surface area (Å²) < 4.78 is 10.4. The normalized spacial score (nSPS) is 14.0. The monoisotopic (exact) mass is 453 g/mol. The first-order valence-electron chi connectivity index (χ1n) is 9.18. The molecule has 0 saturated heterocycles. The van der Waals surface area contributed by atoms with E-state index in [4.69, 9.17) is 30.1 Å². The number of aldehydes is 1. The van der Waals surface area contributed by atoms with Crippen molar-refractivity contribution in [3.8, 4) is 0 Å². The highest BCUT2D eigenvalue weighted by molar-refractivity contribution is 5.80. The summed E-state index contributed by atoms with van der Waals surface area (Å²) in [5.74, 6) is -5.75. The average molecular weight is 453 g/mol. The zero-order valence-electron chi connectivity index (χ0n) is 16.6. The molecule has 0 bridgehead atoms. The third-order valence-electron chi connectivity index (χ3n) is 4.03. The molecule has 0 aliphatic heterocycles. The first-order valence-corrected chi connectivity index (χ1v) is 9.18. The van der Waals surface area contributed by atoms with Crippen LogP contribution in [-0.4, -0.2) is 112 Å². The van der Waals surface area contributed by atoms with E-state index in [1.54, 1.807) is 0 Å². The summed E-state index contributed by atoms with van der Waals surface area (Å²) in [6.45, 7) is -1.11. The van der Waals surface area contributed by atoms with Gasteiger partial charge in [-0.1, -0.05) is 0 Å². The molecule has 0 heterocycles. The molecule has 14 nitrogen and oxygen atoms in total. The second-order valence-corrected chi connectivity index (χ2v) is 6.32. The first kappa shape index (κ1) is 28.4. The van der Waals surface area contributed by atoms with Crippen molar-refractivity contribution in [2.24, 2.45) is 0 Å². The van der Waals surface area contributed by atoms with E-state index < -0.39 is 55.0 Å². The van der Waals surface area contributed by atoms with Gasteiger partial charge in [0.2, 0.25) is 0 Å². The van der Waals surface area contributed by atoms with E-state index in [1.807, 2.05) is 0 Å². The van der Waals surface area contributed by atoms with E-state index in [0.29, 0.717) is 6.29 Å². The second kappa shape index (κ2) is 16.1. The molecule has 5 N–H and O–H groups in total. The van der Waals surface area contributed by atoms with E-state index in [0.717, 1.165) is 0 Å². The molecule has 3 atom stereocenters. The number of nitrogens with zero attached hydrogens (tertiary/aromatic N) is 1. The second-order valence-electron chi connectivity index (χ2n) is 6.32. The molecule has 14 heteroatoms. The zero-order valence-corrected chi connectivity index (χ0v) is 16.6. The van der Waals surface area contributed by atoms with Gasteiger partial charge in [-0.25, -0.2) is 9.68 Å². The fourth-order valence-electron chi connectivity index (χ4n) is 2.54. The molecule has 0 aromatic heterocycles. The van der Waals surface area contributed by atoms with Crippen LogP contribution < -0.4 is 0 Å². The van der Waals surface area contributed by atoms with Crippen LogP contribution in [0.5, 0.6) is 0 Å². The number of carboxylic acid groups (broad SMARTS) is 4. The van der Waals surface area contributed by atoms with Gasteiger partial charge < -0.3 is 34.7 Å². The fraction of sp³-hybridized carbons (Fsp3) is 0.706. The van der Waals surface area contributed by atoms with Crippen molar-refractivity contribution >= 4 is 30.2 Å². The van der Waals surface area contributed by atoms with Gasteiger partial charge in [0.05, 0.1) is 32.2 Å². The van der Waals surface area contributed by atoms with Crippen LogP contribution in [0.1, 0.15) is 25.7 Å². The molecule has 0 spiro atoms. The summed E-state index contributed by atoms with van der Waals surface area (Å²) in [5, 5.41) is 44.6. The van der Waals surface area contributed by atoms with Crippen molar-refractivity contribution in [1.29, 1.82) is 0 Å². The lowest BCUT2D eigenvalue weighted by atomic mass is 10.1. The number of hydrogen-bond donors (Lipinski definition) is 5. The number of carbonyl (C=O) groups excluding carboxylic acids is 1. The Morgan fingerprint density at radius 1 is 0.871 bits per heavy atom. The predicted octanol–water partition coefficient (Wildman–Crippen LogP) is -0.985. The van der Waals surface area contributed by atoms with Gasteiger partial charge in [0, 0.05) is 19.5 Å². The van der Waals surface area contributed by atoms with Gasteiger partial charge in [-0.3, -0.25) is 24.5 Å². The molecule has 31 heavy (non-hydrogen) atoms. The van der Waals surface area contributed by atoms with Crippen molar-refractivity contribution in [3.05, 3.63) is 0 Å². The standard InChI is InChI=1S/C17H27NO13/c19-5-1-2-11(10-31-28)29-6-3-18(12(16(24)25)8-14(20)21)4-7-30-13(17(26)27)9-15(22)23/h5,11-13,28H,1-4,6-10H2,(H,20,21)(H,22,23)(H,24,25)(H,26,27). The SMILES string of the molecule is O=CCCC(COO)OCCN(CCOC(CC(=O)O)C(=O)O)C(CC(=O)O)C(=O)O. The Hall–Kier alpha value is -2.65. The Morgan fingerprint density at radius 2 is 1.45 bits per heavy atom. The highest BCUT2D eigenvalue weighted by Crippen LogP contribution is 2.09. The molecule has 0 aliphatic carbocycles. The summed E-state index contributed by atoms with van der Waals surface area (Å²) in [7, 11) is 0. The van der Waals surface area contributed by atoms with Crippen LogP contribution in [0.3, 0.4) is 0 Å². The minimum atomic E-state index is -1.66. The van der Waals surface area contributed by atoms with Gasteiger partial charge in [0.25, 0.3) is 0 Å². The van der Waals surface area contributed by atoms with Gasteiger partial charge in [-0.15, -0.1) is 0 Å². The van der Waals surface area contributed by atoms with Crippen molar-refractivity contribution < 1.29 is 64.0 Å². The molecular weight excluding hydrogens is 426 g/mol. The summed E-state index contributed by atoms with van der Waals surface area (Å²) in [6, 6.07) is -1.49. The maximum Gasteiger partial charge on any atom is 0.333 e. The van der Waals surface area contributed by atoms with Gasteiger partial charge in [0.1, 0.15) is 18.9 Å². The molecule has 0 aliphatic rings. The van der Waals surface area contributed by atoms with Crippen LogP contribution in [0.15, 0.2) is 0 Å². The van der Waals surface area contributed by atoms with Crippen molar-refractivity contribution in [1.82, 2.24) is 4.90 Å². The lowest BCUT2D eigenvalue weighted by Crippen LogP contribution is -2.46. The van der Waals surface area contributed by atoms with Crippen molar-refractivity contribution in [2.45, 2.75) is 43.9 Å². The minimum Gasteiger partial charge on any atom is -0.481 e. The topological polar surface area (TPSA) is 217 Å². The van der Waals surface area contributed by atoms with Crippen LogP contribution in [0.2, 0.25) is 0 Å². The number of aliphatic carboxylic acids is 4. The average Bonchev–Trinajstić information content (AvgIpc) is 2.67. The molecular formula is C17H27NO13. The van der Waals surface area contributed by atoms with Crippen molar-refractivity contribution in [2.75, 3.05) is 32.9 Å². The van der Waals surface area contributed by atoms with E-state index in [9.17, 15) is 29.1 Å². The van der Waals surface area contributed by atoms with E-state index >= 15 is 0 Å². The Labute approximate surface area is 176 Å². The molecule has 0 aromatic carbocycles. The van der Waals surface area contributed by atoms with Crippen molar-refractivity contribution in [3.63, 3.8) is 0 Å². The number of hydrogen-bond acceptors (Lipinski definition) is 10. The minimum absolute atomic E-state index is 0.118. The zero-order chi connectivity index (χ0) is 23.8. The van der Waals surface area contributed by atoms with Crippen LogP contribution in [-0.2, 0) is 38.3 Å². The summed E-state index contributed by atoms with van der Waals surface area (Å²) in [6.07, 6.45) is -2.92. The maximum atomic E-state index is 11.5. The number of carbonyl (C=O) groups is 5. The molecule has 178 valence electrons. The van der Waals surface area contributed by atoms with Gasteiger partial charge in [0.15, 0.2) is 6.10 Å². The first-order chi connectivity index (χ1) is 14.6. The van der Waals surface area contributed by atoms with Crippen LogP contribution in [0.25, 0.3) is 0 Å². The van der Waals surface area contributed by atoms with Gasteiger partial charge in [-0.2, -0.15) is 0 Å². The van der Waals surface area contributed by atoms with E-state index in [2.05, 4.69) is 4.89 Å². The van der Waals surface area contributed by atoms with Crippen LogP contribution in [0.4, 0.5) is 0 Å². The van der Waals surface area contributed by atoms with Gasteiger partial charge >= 0.3 is 23.9 Å². The van der Waals surface area contributed by atoms with Crippen LogP contribution >= 0.6 is 0 Å². The highest BCUT2D eigenvalue weighted by atomic mass is 17.1. The quantitative estimate of drug-likeness (QED) is 0.0850. The molecule has 0 radical (unpaired) electrons. The molecule has 0 saturated carbocycles. The summed E-state index contributed by atoms with van der Waals surface area (Å²) >= 11 is 0. The lowest BCUT2D eigenvalue weighted by Gasteiger charge is -2.29. The molecule has 3 unspecified atom stereocenters. The lowest BCUT2D eigenvalue weighted by molar-refractivity contribution is -0.261. The Morgan fingerprint density at radius 3 is 1.90 bits per heavy atom. The smallest absolute Gasteiger partial charge is 0.333 e.